The fraction of sp³-hybridized carbons (Fsp3) is 0. The summed E-state index contributed by atoms with van der Waals surface area (Å²) in [5, 5.41) is 5.05. The molecule has 1 aromatic carbocycles. The van der Waals surface area contributed by atoms with Gasteiger partial charge in [-0.3, -0.25) is 4.72 Å². The highest BCUT2D eigenvalue weighted by Gasteiger charge is 2.04. The molecule has 66 valence electrons. The standard InChI is InChI=1S/C6H7ClN2O2S/c7-5-3-1-2-4-6(5)9-12(8,10)11/h1-4,9H,(H2,8,10,11). The molecular formula is C6H7ClN2O2S. The van der Waals surface area contributed by atoms with Crippen molar-refractivity contribution in [2.24, 2.45) is 5.14 Å². The minimum atomic E-state index is -3.73. The lowest BCUT2D eigenvalue weighted by Crippen LogP contribution is -2.21. The Morgan fingerprint density at radius 3 is 2.42 bits per heavy atom. The summed E-state index contributed by atoms with van der Waals surface area (Å²) in [4.78, 5) is 0. The van der Waals surface area contributed by atoms with E-state index < -0.39 is 10.2 Å². The van der Waals surface area contributed by atoms with Crippen LogP contribution in [0.3, 0.4) is 0 Å². The Labute approximate surface area is 75.5 Å². The fourth-order valence-electron chi connectivity index (χ4n) is 0.697. The van der Waals surface area contributed by atoms with Gasteiger partial charge in [-0.25, -0.2) is 5.14 Å². The molecule has 3 N–H and O–H groups in total. The van der Waals surface area contributed by atoms with E-state index >= 15 is 0 Å². The normalized spacial score (nSPS) is 11.2. The molecule has 0 aliphatic rings. The monoisotopic (exact) mass is 206 g/mol. The van der Waals surface area contributed by atoms with Crippen LogP contribution < -0.4 is 9.86 Å². The topological polar surface area (TPSA) is 72.2 Å². The smallest absolute Gasteiger partial charge is 0.270 e. The predicted molar refractivity (Wildman–Crippen MR) is 48.2 cm³/mol. The molecule has 0 spiro atoms. The molecule has 0 radical (unpaired) electrons. The zero-order valence-electron chi connectivity index (χ0n) is 5.99. The summed E-state index contributed by atoms with van der Waals surface area (Å²) < 4.78 is 23.2. The van der Waals surface area contributed by atoms with E-state index in [4.69, 9.17) is 16.7 Å². The molecular weight excluding hydrogens is 200 g/mol. The second-order valence-electron chi connectivity index (χ2n) is 2.13. The first-order chi connectivity index (χ1) is 5.49. The second kappa shape index (κ2) is 3.30. The summed E-state index contributed by atoms with van der Waals surface area (Å²) in [5.74, 6) is 0. The van der Waals surface area contributed by atoms with Gasteiger partial charge in [-0.2, -0.15) is 8.42 Å². The Morgan fingerprint density at radius 2 is 1.92 bits per heavy atom. The van der Waals surface area contributed by atoms with Gasteiger partial charge in [-0.15, -0.1) is 0 Å². The van der Waals surface area contributed by atoms with Crippen LogP contribution in [0.4, 0.5) is 5.69 Å². The number of hydrogen-bond donors (Lipinski definition) is 2. The molecule has 1 rings (SSSR count). The van der Waals surface area contributed by atoms with Crippen LogP contribution in [0, 0.1) is 0 Å². The van der Waals surface area contributed by atoms with Crippen LogP contribution in [0.25, 0.3) is 0 Å². The number of hydrogen-bond acceptors (Lipinski definition) is 2. The van der Waals surface area contributed by atoms with Gasteiger partial charge in [-0.1, -0.05) is 23.7 Å². The molecule has 12 heavy (non-hydrogen) atoms. The summed E-state index contributed by atoms with van der Waals surface area (Å²) in [5.41, 5.74) is 0.279. The molecule has 0 unspecified atom stereocenters. The Balaban J connectivity index is 2.98. The van der Waals surface area contributed by atoms with Gasteiger partial charge in [0.25, 0.3) is 10.2 Å². The van der Waals surface area contributed by atoms with Crippen LogP contribution >= 0.6 is 11.6 Å². The molecule has 0 saturated carbocycles. The molecule has 1 aromatic rings. The number of rotatable bonds is 2. The fourth-order valence-corrected chi connectivity index (χ4v) is 1.42. The zero-order valence-corrected chi connectivity index (χ0v) is 7.56. The van der Waals surface area contributed by atoms with E-state index in [9.17, 15) is 8.42 Å². The minimum Gasteiger partial charge on any atom is -0.270 e. The Morgan fingerprint density at radius 1 is 1.33 bits per heavy atom. The third kappa shape index (κ3) is 2.69. The first kappa shape index (κ1) is 9.31. The van der Waals surface area contributed by atoms with Crippen LogP contribution in [0.2, 0.25) is 5.02 Å². The predicted octanol–water partition coefficient (Wildman–Crippen LogP) is 0.955. The van der Waals surface area contributed by atoms with Crippen molar-refractivity contribution in [2.75, 3.05) is 4.72 Å². The molecule has 0 aromatic heterocycles. The average molecular weight is 207 g/mol. The second-order valence-corrected chi connectivity index (χ2v) is 3.83. The van der Waals surface area contributed by atoms with E-state index in [1.54, 1.807) is 18.2 Å². The van der Waals surface area contributed by atoms with Gasteiger partial charge in [0.15, 0.2) is 0 Å². The molecule has 0 saturated heterocycles. The average Bonchev–Trinajstić information content (AvgIpc) is 1.91. The van der Waals surface area contributed by atoms with Crippen molar-refractivity contribution in [3.63, 3.8) is 0 Å². The molecule has 0 aliphatic carbocycles. The summed E-state index contributed by atoms with van der Waals surface area (Å²) in [7, 11) is -3.73. The maximum absolute atomic E-state index is 10.6. The zero-order chi connectivity index (χ0) is 9.19. The lowest BCUT2D eigenvalue weighted by molar-refractivity contribution is 0.603. The van der Waals surface area contributed by atoms with Gasteiger partial charge >= 0.3 is 0 Å². The van der Waals surface area contributed by atoms with Crippen LogP contribution in [-0.4, -0.2) is 8.42 Å². The van der Waals surface area contributed by atoms with Gasteiger partial charge in [0.2, 0.25) is 0 Å². The van der Waals surface area contributed by atoms with Crippen LogP contribution in [0.15, 0.2) is 24.3 Å². The van der Waals surface area contributed by atoms with Gasteiger partial charge in [0, 0.05) is 0 Å². The Hall–Kier alpha value is -0.780. The first-order valence-electron chi connectivity index (χ1n) is 3.04. The lowest BCUT2D eigenvalue weighted by Gasteiger charge is -2.03. The molecule has 0 atom stereocenters. The van der Waals surface area contributed by atoms with Gasteiger partial charge in [0.1, 0.15) is 0 Å². The first-order valence-corrected chi connectivity index (χ1v) is 4.96. The number of nitrogens with two attached hydrogens (primary N) is 1. The molecule has 0 fully saturated rings. The van der Waals surface area contributed by atoms with E-state index in [0.717, 1.165) is 0 Å². The summed E-state index contributed by atoms with van der Waals surface area (Å²) in [6.07, 6.45) is 0. The summed E-state index contributed by atoms with van der Waals surface area (Å²) in [6.45, 7) is 0. The third-order valence-corrected chi connectivity index (χ3v) is 1.96. The molecule has 0 aliphatic heterocycles. The SMILES string of the molecule is NS(=O)(=O)Nc1ccccc1Cl. The van der Waals surface area contributed by atoms with Crippen molar-refractivity contribution in [3.8, 4) is 0 Å². The number of para-hydroxylation sites is 1. The Bertz CT molecular complexity index is 377. The number of anilines is 1. The van der Waals surface area contributed by atoms with E-state index in [0.29, 0.717) is 5.02 Å². The van der Waals surface area contributed by atoms with E-state index in [-0.39, 0.29) is 5.69 Å². The highest BCUT2D eigenvalue weighted by atomic mass is 35.5. The lowest BCUT2D eigenvalue weighted by atomic mass is 10.3. The van der Waals surface area contributed by atoms with Gasteiger partial charge < -0.3 is 0 Å². The third-order valence-electron chi connectivity index (χ3n) is 1.13. The number of benzene rings is 1. The van der Waals surface area contributed by atoms with Gasteiger partial charge in [-0.05, 0) is 12.1 Å². The van der Waals surface area contributed by atoms with E-state index in [2.05, 4.69) is 4.72 Å². The highest BCUT2D eigenvalue weighted by molar-refractivity contribution is 7.90. The molecule has 6 heteroatoms. The number of halogens is 1. The van der Waals surface area contributed by atoms with Crippen molar-refractivity contribution in [3.05, 3.63) is 29.3 Å². The van der Waals surface area contributed by atoms with E-state index in [1.165, 1.54) is 6.07 Å². The van der Waals surface area contributed by atoms with Crippen LogP contribution in [0.5, 0.6) is 0 Å². The quantitative estimate of drug-likeness (QED) is 0.757. The molecule has 4 nitrogen and oxygen atoms in total. The van der Waals surface area contributed by atoms with Crippen molar-refractivity contribution >= 4 is 27.5 Å². The number of nitrogens with one attached hydrogen (secondary N) is 1. The van der Waals surface area contributed by atoms with Gasteiger partial charge in [0.05, 0.1) is 10.7 Å². The largest absolute Gasteiger partial charge is 0.296 e. The van der Waals surface area contributed by atoms with Crippen molar-refractivity contribution in [1.29, 1.82) is 0 Å². The minimum absolute atomic E-state index is 0.279. The van der Waals surface area contributed by atoms with Crippen molar-refractivity contribution in [1.82, 2.24) is 0 Å². The van der Waals surface area contributed by atoms with E-state index in [1.807, 2.05) is 0 Å². The highest BCUT2D eigenvalue weighted by Crippen LogP contribution is 2.20. The molecule has 0 bridgehead atoms. The van der Waals surface area contributed by atoms with Crippen LogP contribution in [0.1, 0.15) is 0 Å². The maximum Gasteiger partial charge on any atom is 0.296 e. The molecule has 0 heterocycles. The summed E-state index contributed by atoms with van der Waals surface area (Å²) in [6, 6.07) is 6.43. The van der Waals surface area contributed by atoms with Crippen LogP contribution in [-0.2, 0) is 10.2 Å². The molecule has 0 amide bonds. The summed E-state index contributed by atoms with van der Waals surface area (Å²) >= 11 is 5.65. The van der Waals surface area contributed by atoms with Crippen molar-refractivity contribution in [2.45, 2.75) is 0 Å². The van der Waals surface area contributed by atoms with Crippen molar-refractivity contribution < 1.29 is 8.42 Å². The Kier molecular flexibility index (Phi) is 2.56. The maximum atomic E-state index is 10.6.